The molecule has 0 aromatic rings. The maximum Gasteiger partial charge on any atom is 0.00727 e. The molecular weight excluding hydrogens is 134 g/mol. The zero-order chi connectivity index (χ0) is 7.42. The van der Waals surface area contributed by atoms with Gasteiger partial charge in [-0.25, -0.2) is 0 Å². The molecule has 0 heterocycles. The van der Waals surface area contributed by atoms with Gasteiger partial charge in [-0.1, -0.05) is 6.42 Å². The molecule has 3 aliphatic rings. The predicted octanol–water partition coefficient (Wildman–Crippen LogP) is 1.77. The van der Waals surface area contributed by atoms with E-state index >= 15 is 0 Å². The Morgan fingerprint density at radius 3 is 2.64 bits per heavy atom. The van der Waals surface area contributed by atoms with E-state index in [-0.39, 0.29) is 0 Å². The Hall–Kier alpha value is -0.0400. The first-order valence-electron chi connectivity index (χ1n) is 5.12. The molecule has 0 amide bonds. The van der Waals surface area contributed by atoms with E-state index in [1.807, 2.05) is 0 Å². The van der Waals surface area contributed by atoms with Crippen molar-refractivity contribution in [3.63, 3.8) is 0 Å². The number of rotatable bonds is 0. The number of nitrogens with two attached hydrogens (primary N) is 1. The van der Waals surface area contributed by atoms with E-state index in [1.165, 1.54) is 32.1 Å². The molecule has 2 N–H and O–H groups in total. The summed E-state index contributed by atoms with van der Waals surface area (Å²) in [5.74, 6) is 4.15. The Kier molecular flexibility index (Phi) is 1.18. The van der Waals surface area contributed by atoms with Crippen molar-refractivity contribution in [3.05, 3.63) is 0 Å². The summed E-state index contributed by atoms with van der Waals surface area (Å²) in [6, 6.07) is 0.583. The van der Waals surface area contributed by atoms with Crippen molar-refractivity contribution < 1.29 is 0 Å². The molecule has 1 heteroatoms. The molecule has 0 aromatic carbocycles. The van der Waals surface area contributed by atoms with E-state index < -0.39 is 0 Å². The van der Waals surface area contributed by atoms with Crippen molar-refractivity contribution >= 4 is 0 Å². The van der Waals surface area contributed by atoms with Gasteiger partial charge in [0.15, 0.2) is 0 Å². The van der Waals surface area contributed by atoms with E-state index in [9.17, 15) is 0 Å². The third-order valence-electron chi connectivity index (χ3n) is 4.48. The molecule has 0 spiro atoms. The van der Waals surface area contributed by atoms with Crippen LogP contribution in [-0.4, -0.2) is 6.04 Å². The summed E-state index contributed by atoms with van der Waals surface area (Å²) in [6.45, 7) is 0. The Morgan fingerprint density at radius 2 is 1.73 bits per heavy atom. The average molecular weight is 151 g/mol. The second-order valence-corrected chi connectivity index (χ2v) is 4.82. The van der Waals surface area contributed by atoms with Gasteiger partial charge in [0.25, 0.3) is 0 Å². The van der Waals surface area contributed by atoms with E-state index in [4.69, 9.17) is 5.73 Å². The lowest BCUT2D eigenvalue weighted by atomic mass is 9.79. The van der Waals surface area contributed by atoms with Gasteiger partial charge in [0.2, 0.25) is 0 Å². The molecule has 3 aliphatic carbocycles. The highest BCUT2D eigenvalue weighted by Gasteiger charge is 2.52. The van der Waals surface area contributed by atoms with Gasteiger partial charge in [0.1, 0.15) is 0 Å². The maximum atomic E-state index is 6.08. The first-order chi connectivity index (χ1) is 5.36. The molecule has 0 radical (unpaired) electrons. The first kappa shape index (κ1) is 6.47. The zero-order valence-electron chi connectivity index (χ0n) is 7.00. The van der Waals surface area contributed by atoms with Crippen LogP contribution in [0.1, 0.15) is 32.1 Å². The molecule has 3 rings (SSSR count). The van der Waals surface area contributed by atoms with Crippen molar-refractivity contribution in [2.24, 2.45) is 29.4 Å². The predicted molar refractivity (Wildman–Crippen MR) is 45.0 cm³/mol. The van der Waals surface area contributed by atoms with Crippen molar-refractivity contribution in [1.82, 2.24) is 0 Å². The molecule has 5 atom stereocenters. The van der Waals surface area contributed by atoms with E-state index in [0.29, 0.717) is 6.04 Å². The summed E-state index contributed by atoms with van der Waals surface area (Å²) >= 11 is 0. The summed E-state index contributed by atoms with van der Waals surface area (Å²) < 4.78 is 0. The van der Waals surface area contributed by atoms with Crippen LogP contribution in [0.5, 0.6) is 0 Å². The highest BCUT2D eigenvalue weighted by molar-refractivity contribution is 5.04. The highest BCUT2D eigenvalue weighted by atomic mass is 14.7. The van der Waals surface area contributed by atoms with Crippen molar-refractivity contribution in [1.29, 1.82) is 0 Å². The maximum absolute atomic E-state index is 6.08. The molecule has 0 unspecified atom stereocenters. The summed E-state index contributed by atoms with van der Waals surface area (Å²) in [5.41, 5.74) is 6.08. The van der Waals surface area contributed by atoms with Gasteiger partial charge in [0.05, 0.1) is 0 Å². The molecule has 0 saturated heterocycles. The van der Waals surface area contributed by atoms with Crippen LogP contribution in [0, 0.1) is 23.7 Å². The smallest absolute Gasteiger partial charge is 0.00727 e. The van der Waals surface area contributed by atoms with Gasteiger partial charge in [-0.3, -0.25) is 0 Å². The van der Waals surface area contributed by atoms with Gasteiger partial charge in [0, 0.05) is 6.04 Å². The van der Waals surface area contributed by atoms with Crippen molar-refractivity contribution in [2.45, 2.75) is 38.1 Å². The fourth-order valence-electron chi connectivity index (χ4n) is 4.12. The molecule has 3 saturated carbocycles. The van der Waals surface area contributed by atoms with Crippen LogP contribution < -0.4 is 5.73 Å². The van der Waals surface area contributed by atoms with Crippen LogP contribution in [0.25, 0.3) is 0 Å². The SMILES string of the molecule is N[C@@H]1C[C@H]2C[C@H]1[C@H]1CCC[C@H]21. The fraction of sp³-hybridized carbons (Fsp3) is 1.00. The van der Waals surface area contributed by atoms with Crippen LogP contribution in [-0.2, 0) is 0 Å². The summed E-state index contributed by atoms with van der Waals surface area (Å²) in [4.78, 5) is 0. The summed E-state index contributed by atoms with van der Waals surface area (Å²) in [7, 11) is 0. The second-order valence-electron chi connectivity index (χ2n) is 4.82. The van der Waals surface area contributed by atoms with E-state index in [2.05, 4.69) is 0 Å². The minimum absolute atomic E-state index is 0.583. The molecule has 3 fully saturated rings. The van der Waals surface area contributed by atoms with E-state index in [0.717, 1.165) is 23.7 Å². The Balaban J connectivity index is 1.90. The lowest BCUT2D eigenvalue weighted by Crippen LogP contribution is -2.34. The molecule has 2 bridgehead atoms. The third kappa shape index (κ3) is 0.703. The topological polar surface area (TPSA) is 26.0 Å². The Morgan fingerprint density at radius 1 is 0.909 bits per heavy atom. The molecule has 1 nitrogen and oxygen atoms in total. The number of fused-ring (bicyclic) bond motifs is 5. The molecule has 0 aromatic heterocycles. The molecule has 0 aliphatic heterocycles. The molecule has 11 heavy (non-hydrogen) atoms. The monoisotopic (exact) mass is 151 g/mol. The highest BCUT2D eigenvalue weighted by Crippen LogP contribution is 2.58. The number of hydrogen-bond acceptors (Lipinski definition) is 1. The first-order valence-corrected chi connectivity index (χ1v) is 5.12. The Labute approximate surface area is 68.3 Å². The largest absolute Gasteiger partial charge is 0.327 e. The van der Waals surface area contributed by atoms with Crippen LogP contribution >= 0.6 is 0 Å². The van der Waals surface area contributed by atoms with Gasteiger partial charge < -0.3 is 5.73 Å². The van der Waals surface area contributed by atoms with E-state index in [1.54, 1.807) is 0 Å². The second kappa shape index (κ2) is 2.01. The normalized spacial score (nSPS) is 60.3. The minimum Gasteiger partial charge on any atom is -0.327 e. The van der Waals surface area contributed by atoms with Gasteiger partial charge in [-0.2, -0.15) is 0 Å². The van der Waals surface area contributed by atoms with Crippen molar-refractivity contribution in [3.8, 4) is 0 Å². The quantitative estimate of drug-likeness (QED) is 0.561. The van der Waals surface area contributed by atoms with Gasteiger partial charge in [-0.05, 0) is 49.4 Å². The van der Waals surface area contributed by atoms with Gasteiger partial charge in [-0.15, -0.1) is 0 Å². The van der Waals surface area contributed by atoms with Crippen molar-refractivity contribution in [2.75, 3.05) is 0 Å². The van der Waals surface area contributed by atoms with Crippen LogP contribution in [0.2, 0.25) is 0 Å². The van der Waals surface area contributed by atoms with Crippen LogP contribution in [0.15, 0.2) is 0 Å². The minimum atomic E-state index is 0.583. The lowest BCUT2D eigenvalue weighted by Gasteiger charge is -2.28. The molecular formula is C10H17N. The zero-order valence-corrected chi connectivity index (χ0v) is 7.00. The standard InChI is InChI=1S/C10H17N/c11-10-5-6-4-9(10)8-3-1-2-7(6)8/h6-10H,1-5,11H2/t6-,7-,8+,9+,10-/m1/s1. The van der Waals surface area contributed by atoms with Gasteiger partial charge >= 0.3 is 0 Å². The third-order valence-corrected chi connectivity index (χ3v) is 4.48. The average Bonchev–Trinajstić information content (AvgIpc) is 2.52. The molecule has 62 valence electrons. The summed E-state index contributed by atoms with van der Waals surface area (Å²) in [5, 5.41) is 0. The van der Waals surface area contributed by atoms with Crippen LogP contribution in [0.3, 0.4) is 0 Å². The van der Waals surface area contributed by atoms with Crippen LogP contribution in [0.4, 0.5) is 0 Å². The lowest BCUT2D eigenvalue weighted by molar-refractivity contribution is 0.234. The Bertz CT molecular complexity index is 178. The number of hydrogen-bond donors (Lipinski definition) is 1. The summed E-state index contributed by atoms with van der Waals surface area (Å²) in [6.07, 6.45) is 7.36. The fourth-order valence-corrected chi connectivity index (χ4v) is 4.12.